The van der Waals surface area contributed by atoms with Crippen molar-refractivity contribution in [2.45, 2.75) is 6.92 Å². The molecule has 0 radical (unpaired) electrons. The number of rotatable bonds is 4. The summed E-state index contributed by atoms with van der Waals surface area (Å²) < 4.78 is 5.18. The molecule has 0 bridgehead atoms. The maximum Gasteiger partial charge on any atom is 0.289 e. The minimum Gasteiger partial charge on any atom is -0.459 e. The highest BCUT2D eigenvalue weighted by atomic mass is 16.3. The first-order valence-electron chi connectivity index (χ1n) is 9.51. The molecule has 4 rings (SSSR count). The van der Waals surface area contributed by atoms with E-state index in [2.05, 4.69) is 10.3 Å². The van der Waals surface area contributed by atoms with Crippen LogP contribution < -0.4 is 5.32 Å². The Labute approximate surface area is 169 Å². The Morgan fingerprint density at radius 1 is 0.966 bits per heavy atom. The molecule has 0 saturated carbocycles. The molecule has 0 atom stereocenters. The third-order valence-corrected chi connectivity index (χ3v) is 5.00. The molecule has 2 amide bonds. The van der Waals surface area contributed by atoms with Gasteiger partial charge in [0.05, 0.1) is 23.7 Å². The average Bonchev–Trinajstić information content (AvgIpc) is 3.30. The maximum atomic E-state index is 12.9. The van der Waals surface area contributed by atoms with E-state index in [1.54, 1.807) is 34.3 Å². The second kappa shape index (κ2) is 8.18. The number of carbonyl (C=O) groups is 2. The van der Waals surface area contributed by atoms with Crippen molar-refractivity contribution in [1.82, 2.24) is 14.8 Å². The van der Waals surface area contributed by atoms with Crippen LogP contribution in [0.4, 0.5) is 11.4 Å². The predicted octanol–water partition coefficient (Wildman–Crippen LogP) is 3.32. The van der Waals surface area contributed by atoms with E-state index in [-0.39, 0.29) is 11.8 Å². The van der Waals surface area contributed by atoms with Gasteiger partial charge in [-0.1, -0.05) is 18.2 Å². The van der Waals surface area contributed by atoms with E-state index in [1.165, 1.54) is 6.26 Å². The fraction of sp³-hybridized carbons (Fsp3) is 0.227. The lowest BCUT2D eigenvalue weighted by molar-refractivity contribution is 0.0518. The number of aromatic nitrogens is 1. The Bertz CT molecular complexity index is 1010. The van der Waals surface area contributed by atoms with Crippen LogP contribution in [0, 0.1) is 6.92 Å². The molecule has 2 aromatic heterocycles. The monoisotopic (exact) mass is 390 g/mol. The molecular formula is C22H22N4O3. The second-order valence-electron chi connectivity index (χ2n) is 6.96. The van der Waals surface area contributed by atoms with E-state index < -0.39 is 0 Å². The highest BCUT2D eigenvalue weighted by Crippen LogP contribution is 2.21. The standard InChI is InChI=1S/C22H22N4O3/c1-16-5-2-3-6-19(16)24-18-13-17(14-23-15-18)21(27)25-8-10-26(11-9-25)22(28)20-7-4-12-29-20/h2-7,12-15,24H,8-11H2,1H3. The van der Waals surface area contributed by atoms with Crippen LogP contribution in [0.15, 0.2) is 65.5 Å². The number of anilines is 2. The number of pyridine rings is 1. The Morgan fingerprint density at radius 2 is 1.69 bits per heavy atom. The summed E-state index contributed by atoms with van der Waals surface area (Å²) in [6.07, 6.45) is 4.76. The molecule has 148 valence electrons. The van der Waals surface area contributed by atoms with E-state index in [9.17, 15) is 9.59 Å². The number of carbonyl (C=O) groups excluding carboxylic acids is 2. The molecule has 7 nitrogen and oxygen atoms in total. The Balaban J connectivity index is 1.40. The Hall–Kier alpha value is -3.61. The van der Waals surface area contributed by atoms with Crippen molar-refractivity contribution in [3.8, 4) is 0 Å². The number of nitrogens with zero attached hydrogens (tertiary/aromatic N) is 3. The van der Waals surface area contributed by atoms with Crippen molar-refractivity contribution < 1.29 is 14.0 Å². The van der Waals surface area contributed by atoms with Gasteiger partial charge in [-0.3, -0.25) is 14.6 Å². The van der Waals surface area contributed by atoms with Gasteiger partial charge in [0.25, 0.3) is 11.8 Å². The lowest BCUT2D eigenvalue weighted by atomic mass is 10.1. The van der Waals surface area contributed by atoms with E-state index in [0.717, 1.165) is 16.9 Å². The summed E-state index contributed by atoms with van der Waals surface area (Å²) >= 11 is 0. The molecule has 3 aromatic rings. The molecule has 0 aliphatic carbocycles. The van der Waals surface area contributed by atoms with E-state index in [0.29, 0.717) is 37.5 Å². The van der Waals surface area contributed by atoms with Gasteiger partial charge in [-0.25, -0.2) is 0 Å². The van der Waals surface area contributed by atoms with Crippen LogP contribution in [-0.4, -0.2) is 52.8 Å². The van der Waals surface area contributed by atoms with Crippen LogP contribution in [0.3, 0.4) is 0 Å². The molecule has 1 aliphatic rings. The van der Waals surface area contributed by atoms with Crippen molar-refractivity contribution in [2.75, 3.05) is 31.5 Å². The van der Waals surface area contributed by atoms with Crippen LogP contribution in [0.2, 0.25) is 0 Å². The van der Waals surface area contributed by atoms with Gasteiger partial charge in [0.1, 0.15) is 0 Å². The van der Waals surface area contributed by atoms with Crippen LogP contribution >= 0.6 is 0 Å². The fourth-order valence-electron chi connectivity index (χ4n) is 3.35. The van der Waals surface area contributed by atoms with E-state index >= 15 is 0 Å². The third-order valence-electron chi connectivity index (χ3n) is 5.00. The summed E-state index contributed by atoms with van der Waals surface area (Å²) in [7, 11) is 0. The number of furan rings is 1. The number of para-hydroxylation sites is 1. The third kappa shape index (κ3) is 4.13. The number of benzene rings is 1. The number of aryl methyl sites for hydroxylation is 1. The molecule has 7 heteroatoms. The molecule has 0 unspecified atom stereocenters. The summed E-state index contributed by atoms with van der Waals surface area (Å²) in [6.45, 7) is 3.91. The molecule has 0 spiro atoms. The molecule has 1 fully saturated rings. The predicted molar refractivity (Wildman–Crippen MR) is 109 cm³/mol. The highest BCUT2D eigenvalue weighted by Gasteiger charge is 2.26. The highest BCUT2D eigenvalue weighted by molar-refractivity contribution is 5.95. The van der Waals surface area contributed by atoms with Crippen LogP contribution in [-0.2, 0) is 0 Å². The first-order valence-corrected chi connectivity index (χ1v) is 9.51. The van der Waals surface area contributed by atoms with Gasteiger partial charge < -0.3 is 19.5 Å². The zero-order valence-electron chi connectivity index (χ0n) is 16.2. The van der Waals surface area contributed by atoms with E-state index in [4.69, 9.17) is 4.42 Å². The summed E-state index contributed by atoms with van der Waals surface area (Å²) in [5.74, 6) is 0.0909. The molecule has 29 heavy (non-hydrogen) atoms. The zero-order chi connectivity index (χ0) is 20.2. The van der Waals surface area contributed by atoms with Crippen LogP contribution in [0.25, 0.3) is 0 Å². The van der Waals surface area contributed by atoms with Crippen molar-refractivity contribution >= 4 is 23.2 Å². The number of hydrogen-bond donors (Lipinski definition) is 1. The smallest absolute Gasteiger partial charge is 0.289 e. The molecule has 3 heterocycles. The Kier molecular flexibility index (Phi) is 5.29. The second-order valence-corrected chi connectivity index (χ2v) is 6.96. The van der Waals surface area contributed by atoms with Crippen LogP contribution in [0.5, 0.6) is 0 Å². The van der Waals surface area contributed by atoms with Crippen molar-refractivity contribution in [1.29, 1.82) is 0 Å². The molecular weight excluding hydrogens is 368 g/mol. The summed E-state index contributed by atoms with van der Waals surface area (Å²) in [5, 5.41) is 3.31. The SMILES string of the molecule is Cc1ccccc1Nc1cncc(C(=O)N2CCN(C(=O)c3ccco3)CC2)c1. The molecule has 1 saturated heterocycles. The molecule has 1 aromatic carbocycles. The average molecular weight is 390 g/mol. The van der Waals surface area contributed by atoms with Crippen molar-refractivity contribution in [3.63, 3.8) is 0 Å². The van der Waals surface area contributed by atoms with Crippen molar-refractivity contribution in [3.05, 3.63) is 78.0 Å². The number of amides is 2. The first-order chi connectivity index (χ1) is 14.1. The summed E-state index contributed by atoms with van der Waals surface area (Å²) in [6, 6.07) is 13.1. The summed E-state index contributed by atoms with van der Waals surface area (Å²) in [5.41, 5.74) is 3.37. The van der Waals surface area contributed by atoms with Gasteiger partial charge in [-0.15, -0.1) is 0 Å². The lowest BCUT2D eigenvalue weighted by Crippen LogP contribution is -2.50. The van der Waals surface area contributed by atoms with Crippen molar-refractivity contribution in [2.24, 2.45) is 0 Å². The zero-order valence-corrected chi connectivity index (χ0v) is 16.2. The number of nitrogens with one attached hydrogen (secondary N) is 1. The normalized spacial score (nSPS) is 14.0. The van der Waals surface area contributed by atoms with Crippen LogP contribution in [0.1, 0.15) is 26.5 Å². The maximum absolute atomic E-state index is 12.9. The first kappa shape index (κ1) is 18.7. The quantitative estimate of drug-likeness (QED) is 0.739. The minimum absolute atomic E-state index is 0.0870. The number of hydrogen-bond acceptors (Lipinski definition) is 5. The Morgan fingerprint density at radius 3 is 2.38 bits per heavy atom. The topological polar surface area (TPSA) is 78.7 Å². The minimum atomic E-state index is -0.145. The van der Waals surface area contributed by atoms with Gasteiger partial charge in [0.2, 0.25) is 0 Å². The van der Waals surface area contributed by atoms with E-state index in [1.807, 2.05) is 37.3 Å². The number of piperazine rings is 1. The van der Waals surface area contributed by atoms with Gasteiger partial charge in [0, 0.05) is 38.1 Å². The largest absolute Gasteiger partial charge is 0.459 e. The van der Waals surface area contributed by atoms with Gasteiger partial charge in [-0.05, 0) is 36.8 Å². The molecule has 1 aliphatic heterocycles. The lowest BCUT2D eigenvalue weighted by Gasteiger charge is -2.34. The fourth-order valence-corrected chi connectivity index (χ4v) is 3.35. The van der Waals surface area contributed by atoms with Gasteiger partial charge >= 0.3 is 0 Å². The summed E-state index contributed by atoms with van der Waals surface area (Å²) in [4.78, 5) is 32.9. The van der Waals surface area contributed by atoms with Gasteiger partial charge in [-0.2, -0.15) is 0 Å². The molecule has 1 N–H and O–H groups in total. The van der Waals surface area contributed by atoms with Gasteiger partial charge in [0.15, 0.2) is 5.76 Å².